The smallest absolute Gasteiger partial charge is 0.271 e. The number of aromatic amines is 1. The molecule has 0 aliphatic carbocycles. The topological polar surface area (TPSA) is 127 Å². The fourth-order valence-electron chi connectivity index (χ4n) is 3.48. The number of rotatable bonds is 7. The Morgan fingerprint density at radius 2 is 1.79 bits per heavy atom. The number of para-hydroxylation sites is 1. The Morgan fingerprint density at radius 3 is 2.55 bits per heavy atom. The lowest BCUT2D eigenvalue weighted by molar-refractivity contribution is -0.121. The first-order valence-corrected chi connectivity index (χ1v) is 10.5. The number of carbonyl (C=O) groups is 1. The zero-order chi connectivity index (χ0) is 23.4. The van der Waals surface area contributed by atoms with Gasteiger partial charge in [0, 0.05) is 10.6 Å². The number of halogens is 1. The molecule has 9 heteroatoms. The van der Waals surface area contributed by atoms with Crippen molar-refractivity contribution in [3.8, 4) is 5.75 Å². The summed E-state index contributed by atoms with van der Waals surface area (Å²) in [6.07, 6.45) is -1.31. The van der Waals surface area contributed by atoms with Gasteiger partial charge in [0.15, 0.2) is 0 Å². The minimum atomic E-state index is -1.40. The third-order valence-corrected chi connectivity index (χ3v) is 5.36. The molecular weight excluding hydrogens is 444 g/mol. The van der Waals surface area contributed by atoms with E-state index in [0.717, 1.165) is 5.56 Å². The van der Waals surface area contributed by atoms with Crippen LogP contribution in [-0.2, 0) is 11.2 Å². The molecule has 0 aliphatic rings. The maximum absolute atomic E-state index is 12.9. The lowest BCUT2D eigenvalue weighted by Gasteiger charge is -2.24. The highest BCUT2D eigenvalue weighted by molar-refractivity contribution is 6.31. The summed E-state index contributed by atoms with van der Waals surface area (Å²) in [5, 5.41) is 21.7. The monoisotopic (exact) mass is 464 g/mol. The lowest BCUT2D eigenvalue weighted by atomic mass is 9.99. The molecule has 0 aliphatic heterocycles. The largest absolute Gasteiger partial charge is 0.508 e. The van der Waals surface area contributed by atoms with Gasteiger partial charge in [-0.25, -0.2) is 10.4 Å². The fourth-order valence-corrected chi connectivity index (χ4v) is 3.65. The van der Waals surface area contributed by atoms with E-state index in [1.54, 1.807) is 30.3 Å². The summed E-state index contributed by atoms with van der Waals surface area (Å²) >= 11 is 5.99. The van der Waals surface area contributed by atoms with Crippen molar-refractivity contribution >= 4 is 28.5 Å². The number of benzene rings is 3. The summed E-state index contributed by atoms with van der Waals surface area (Å²) in [6, 6.07) is 19.0. The van der Waals surface area contributed by atoms with Gasteiger partial charge in [-0.05, 0) is 29.8 Å². The van der Waals surface area contributed by atoms with Crippen molar-refractivity contribution in [3.05, 3.63) is 105 Å². The van der Waals surface area contributed by atoms with Crippen LogP contribution in [-0.4, -0.2) is 26.1 Å². The van der Waals surface area contributed by atoms with Gasteiger partial charge in [0.2, 0.25) is 5.91 Å². The number of hydrogen-bond acceptors (Lipinski definition) is 6. The van der Waals surface area contributed by atoms with Crippen LogP contribution < -0.4 is 16.4 Å². The molecule has 168 valence electrons. The molecule has 0 saturated carbocycles. The molecule has 8 nitrogen and oxygen atoms in total. The molecule has 1 amide bonds. The van der Waals surface area contributed by atoms with Gasteiger partial charge in [-0.3, -0.25) is 15.0 Å². The summed E-state index contributed by atoms with van der Waals surface area (Å²) in [5.74, 6) is -0.531. The minimum Gasteiger partial charge on any atom is -0.508 e. The number of nitrogens with zero attached hydrogens (tertiary/aromatic N) is 1. The molecule has 0 spiro atoms. The number of phenolic OH excluding ortho intramolecular Hbond substituents is 1. The Labute approximate surface area is 193 Å². The summed E-state index contributed by atoms with van der Waals surface area (Å²) in [5.41, 5.74) is 6.47. The van der Waals surface area contributed by atoms with E-state index in [4.69, 9.17) is 11.6 Å². The van der Waals surface area contributed by atoms with E-state index in [0.29, 0.717) is 16.1 Å². The number of H-pyrrole nitrogens is 1. The number of aliphatic hydroxyl groups excluding tert-OH is 1. The van der Waals surface area contributed by atoms with Crippen molar-refractivity contribution in [1.29, 1.82) is 0 Å². The van der Waals surface area contributed by atoms with Gasteiger partial charge in [-0.1, -0.05) is 60.1 Å². The highest BCUT2D eigenvalue weighted by atomic mass is 35.5. The van der Waals surface area contributed by atoms with E-state index < -0.39 is 17.7 Å². The molecule has 33 heavy (non-hydrogen) atoms. The van der Waals surface area contributed by atoms with Crippen LogP contribution in [0.15, 0.2) is 77.6 Å². The van der Waals surface area contributed by atoms with Gasteiger partial charge in [0.25, 0.3) is 5.56 Å². The molecule has 1 heterocycles. The molecule has 3 aromatic carbocycles. The van der Waals surface area contributed by atoms with Crippen LogP contribution in [0.3, 0.4) is 0 Å². The van der Waals surface area contributed by atoms with Crippen LogP contribution in [0.2, 0.25) is 5.02 Å². The number of aromatic nitrogens is 2. The predicted octanol–water partition coefficient (Wildman–Crippen LogP) is 2.92. The first-order chi connectivity index (χ1) is 15.9. The maximum Gasteiger partial charge on any atom is 0.271 e. The highest BCUT2D eigenvalue weighted by Gasteiger charge is 2.29. The van der Waals surface area contributed by atoms with E-state index in [1.165, 1.54) is 12.1 Å². The molecule has 0 unspecified atom stereocenters. The molecular formula is C24H21ClN4O4. The summed E-state index contributed by atoms with van der Waals surface area (Å²) in [6.45, 7) is 0. The van der Waals surface area contributed by atoms with E-state index in [1.807, 2.05) is 30.3 Å². The number of nitrogens with one attached hydrogen (secondary N) is 3. The molecule has 5 N–H and O–H groups in total. The fraction of sp³-hybridized carbons (Fsp3) is 0.125. The number of hydrogen-bond donors (Lipinski definition) is 5. The van der Waals surface area contributed by atoms with E-state index in [-0.39, 0.29) is 29.3 Å². The Bertz CT molecular complexity index is 1340. The molecule has 4 aromatic rings. The van der Waals surface area contributed by atoms with Crippen molar-refractivity contribution in [3.63, 3.8) is 0 Å². The number of amides is 1. The first kappa shape index (κ1) is 22.5. The Balaban J connectivity index is 1.67. The Kier molecular flexibility index (Phi) is 6.69. The SMILES string of the molecule is O=C(Cc1ccccc1)NN[C@H](c1nc2ccc(Cl)cc2[nH]c1=O)[C@H](O)c1ccccc1O. The van der Waals surface area contributed by atoms with Gasteiger partial charge in [0.05, 0.1) is 17.5 Å². The molecule has 1 aromatic heterocycles. The van der Waals surface area contributed by atoms with Gasteiger partial charge >= 0.3 is 0 Å². The second-order valence-electron chi connectivity index (χ2n) is 7.45. The van der Waals surface area contributed by atoms with Crippen LogP contribution in [0.1, 0.15) is 29.0 Å². The van der Waals surface area contributed by atoms with Crippen molar-refractivity contribution < 1.29 is 15.0 Å². The summed E-state index contributed by atoms with van der Waals surface area (Å²) in [7, 11) is 0. The Hall–Kier alpha value is -3.72. The molecule has 0 saturated heterocycles. The van der Waals surface area contributed by atoms with E-state index >= 15 is 0 Å². The lowest BCUT2D eigenvalue weighted by Crippen LogP contribution is -2.45. The van der Waals surface area contributed by atoms with Gasteiger partial charge in [-0.15, -0.1) is 0 Å². The van der Waals surface area contributed by atoms with Crippen molar-refractivity contribution in [2.45, 2.75) is 18.6 Å². The number of aliphatic hydroxyl groups is 1. The van der Waals surface area contributed by atoms with Gasteiger partial charge in [0.1, 0.15) is 23.6 Å². The second-order valence-corrected chi connectivity index (χ2v) is 7.89. The molecule has 0 fully saturated rings. The zero-order valence-electron chi connectivity index (χ0n) is 17.3. The van der Waals surface area contributed by atoms with Crippen LogP contribution in [0, 0.1) is 0 Å². The van der Waals surface area contributed by atoms with Gasteiger partial charge < -0.3 is 15.2 Å². The maximum atomic E-state index is 12.9. The zero-order valence-corrected chi connectivity index (χ0v) is 18.1. The van der Waals surface area contributed by atoms with E-state index in [9.17, 15) is 19.8 Å². The van der Waals surface area contributed by atoms with Crippen molar-refractivity contribution in [1.82, 2.24) is 20.8 Å². The van der Waals surface area contributed by atoms with Crippen molar-refractivity contribution in [2.24, 2.45) is 0 Å². The molecule has 4 rings (SSSR count). The van der Waals surface area contributed by atoms with Crippen LogP contribution in [0.25, 0.3) is 11.0 Å². The molecule has 2 atom stereocenters. The normalized spacial score (nSPS) is 12.9. The average Bonchev–Trinajstić information content (AvgIpc) is 2.80. The highest BCUT2D eigenvalue weighted by Crippen LogP contribution is 2.32. The van der Waals surface area contributed by atoms with E-state index in [2.05, 4.69) is 20.8 Å². The van der Waals surface area contributed by atoms with Crippen LogP contribution in [0.4, 0.5) is 0 Å². The number of fused-ring (bicyclic) bond motifs is 1. The molecule has 0 bridgehead atoms. The predicted molar refractivity (Wildman–Crippen MR) is 125 cm³/mol. The first-order valence-electron chi connectivity index (χ1n) is 10.2. The number of hydrazine groups is 1. The standard InChI is InChI=1S/C24H21ClN4O4/c25-15-10-11-17-18(13-15)27-24(33)22(26-17)21(23(32)16-8-4-5-9-19(16)30)29-28-20(31)12-14-6-2-1-3-7-14/h1-11,13,21,23,29-30,32H,12H2,(H,27,33)(H,28,31)/t21-,23-/m1/s1. The van der Waals surface area contributed by atoms with Gasteiger partial charge in [-0.2, -0.15) is 0 Å². The number of carbonyl (C=O) groups excluding carboxylic acids is 1. The summed E-state index contributed by atoms with van der Waals surface area (Å²) in [4.78, 5) is 32.4. The van der Waals surface area contributed by atoms with Crippen LogP contribution in [0.5, 0.6) is 5.75 Å². The van der Waals surface area contributed by atoms with Crippen molar-refractivity contribution in [2.75, 3.05) is 0 Å². The quantitative estimate of drug-likeness (QED) is 0.268. The average molecular weight is 465 g/mol. The number of phenols is 1. The summed E-state index contributed by atoms with van der Waals surface area (Å²) < 4.78 is 0. The number of aromatic hydroxyl groups is 1. The Morgan fingerprint density at radius 1 is 1.06 bits per heavy atom. The third-order valence-electron chi connectivity index (χ3n) is 5.12. The van der Waals surface area contributed by atoms with Crippen LogP contribution >= 0.6 is 11.6 Å². The molecule has 0 radical (unpaired) electrons. The minimum absolute atomic E-state index is 0.0689. The third kappa shape index (κ3) is 5.20. The second kappa shape index (κ2) is 9.83.